The minimum Gasteiger partial charge on any atom is -0.319 e. The van der Waals surface area contributed by atoms with Gasteiger partial charge in [0.05, 0.1) is 6.04 Å². The van der Waals surface area contributed by atoms with Crippen molar-refractivity contribution < 1.29 is 4.79 Å². The second-order valence-electron chi connectivity index (χ2n) is 6.21. The third-order valence-corrected chi connectivity index (χ3v) is 6.17. The molecule has 1 N–H and O–H groups in total. The normalized spacial score (nSPS) is 23.0. The number of thiophene rings is 1. The molecule has 1 aliphatic heterocycles. The highest BCUT2D eigenvalue weighted by atomic mass is 32.2. The molecule has 21 heavy (non-hydrogen) atoms. The SMILES string of the molecule is CCCCC1NC(c2cccs2)N(CC(C)(C)SC)C1=O. The first kappa shape index (κ1) is 16.8. The molecule has 3 nitrogen and oxygen atoms in total. The van der Waals surface area contributed by atoms with Crippen molar-refractivity contribution >= 4 is 29.0 Å². The first-order chi connectivity index (χ1) is 9.98. The lowest BCUT2D eigenvalue weighted by molar-refractivity contribution is -0.130. The first-order valence-corrected chi connectivity index (χ1v) is 9.74. The van der Waals surface area contributed by atoms with Crippen molar-refractivity contribution in [1.82, 2.24) is 10.2 Å². The highest BCUT2D eigenvalue weighted by Gasteiger charge is 2.41. The van der Waals surface area contributed by atoms with E-state index < -0.39 is 0 Å². The molecule has 0 radical (unpaired) electrons. The van der Waals surface area contributed by atoms with E-state index in [1.165, 1.54) is 4.88 Å². The molecule has 2 atom stereocenters. The Balaban J connectivity index is 2.17. The summed E-state index contributed by atoms with van der Waals surface area (Å²) < 4.78 is 0.0759. The quantitative estimate of drug-likeness (QED) is 0.825. The summed E-state index contributed by atoms with van der Waals surface area (Å²) in [4.78, 5) is 16.0. The van der Waals surface area contributed by atoms with E-state index in [2.05, 4.69) is 49.9 Å². The highest BCUT2D eigenvalue weighted by molar-refractivity contribution is 7.99. The molecule has 2 heterocycles. The van der Waals surface area contributed by atoms with Crippen LogP contribution in [0.1, 0.15) is 51.1 Å². The second kappa shape index (κ2) is 7.16. The van der Waals surface area contributed by atoms with Gasteiger partial charge in [0.2, 0.25) is 5.91 Å². The van der Waals surface area contributed by atoms with Crippen LogP contribution >= 0.6 is 23.1 Å². The van der Waals surface area contributed by atoms with Crippen LogP contribution in [-0.4, -0.2) is 34.4 Å². The van der Waals surface area contributed by atoms with Crippen molar-refractivity contribution in [2.75, 3.05) is 12.8 Å². The average Bonchev–Trinajstić information content (AvgIpc) is 3.07. The average molecular weight is 327 g/mol. The van der Waals surface area contributed by atoms with Gasteiger partial charge in [-0.15, -0.1) is 11.3 Å². The molecule has 1 aromatic rings. The lowest BCUT2D eigenvalue weighted by Crippen LogP contribution is -2.40. The molecule has 2 unspecified atom stereocenters. The third kappa shape index (κ3) is 4.02. The van der Waals surface area contributed by atoms with Gasteiger partial charge in [0.15, 0.2) is 0 Å². The molecule has 5 heteroatoms. The molecule has 2 rings (SSSR count). The number of thioether (sulfide) groups is 1. The van der Waals surface area contributed by atoms with Crippen LogP contribution in [0.4, 0.5) is 0 Å². The number of hydrogen-bond donors (Lipinski definition) is 1. The van der Waals surface area contributed by atoms with Crippen LogP contribution in [0.2, 0.25) is 0 Å². The fourth-order valence-corrected chi connectivity index (χ4v) is 3.68. The van der Waals surface area contributed by atoms with Gasteiger partial charge in [-0.3, -0.25) is 10.1 Å². The number of nitrogens with one attached hydrogen (secondary N) is 1. The number of hydrogen-bond acceptors (Lipinski definition) is 4. The Hall–Kier alpha value is -0.520. The summed E-state index contributed by atoms with van der Waals surface area (Å²) in [6, 6.07) is 4.16. The molecule has 0 spiro atoms. The molecule has 1 fully saturated rings. The van der Waals surface area contributed by atoms with Gasteiger partial charge in [0.25, 0.3) is 0 Å². The molecule has 0 bridgehead atoms. The van der Waals surface area contributed by atoms with Crippen molar-refractivity contribution in [3.05, 3.63) is 22.4 Å². The predicted molar refractivity (Wildman–Crippen MR) is 92.8 cm³/mol. The zero-order chi connectivity index (χ0) is 15.5. The molecule has 118 valence electrons. The van der Waals surface area contributed by atoms with E-state index in [9.17, 15) is 4.79 Å². The van der Waals surface area contributed by atoms with Gasteiger partial charge in [-0.1, -0.05) is 25.8 Å². The van der Waals surface area contributed by atoms with E-state index in [1.807, 2.05) is 16.7 Å². The molecular weight excluding hydrogens is 300 g/mol. The highest BCUT2D eigenvalue weighted by Crippen LogP contribution is 2.33. The van der Waals surface area contributed by atoms with Crippen LogP contribution in [0, 0.1) is 0 Å². The zero-order valence-corrected chi connectivity index (χ0v) is 15.0. The maximum absolute atomic E-state index is 12.8. The molecule has 0 aromatic carbocycles. The van der Waals surface area contributed by atoms with E-state index in [0.29, 0.717) is 0 Å². The van der Waals surface area contributed by atoms with Crippen LogP contribution in [0.15, 0.2) is 17.5 Å². The van der Waals surface area contributed by atoms with Gasteiger partial charge in [0.1, 0.15) is 6.17 Å². The van der Waals surface area contributed by atoms with E-state index >= 15 is 0 Å². The minimum absolute atomic E-state index is 0.0188. The van der Waals surface area contributed by atoms with Gasteiger partial charge < -0.3 is 4.90 Å². The number of unbranched alkanes of at least 4 members (excludes halogenated alkanes) is 1. The van der Waals surface area contributed by atoms with Crippen LogP contribution in [0.5, 0.6) is 0 Å². The van der Waals surface area contributed by atoms with Gasteiger partial charge in [-0.05, 0) is 38.0 Å². The van der Waals surface area contributed by atoms with Crippen LogP contribution in [-0.2, 0) is 4.79 Å². The van der Waals surface area contributed by atoms with Crippen LogP contribution in [0.3, 0.4) is 0 Å². The second-order valence-corrected chi connectivity index (χ2v) is 8.70. The molecule has 0 aliphatic carbocycles. The van der Waals surface area contributed by atoms with Crippen molar-refractivity contribution in [2.45, 2.75) is 57.0 Å². The molecule has 1 saturated heterocycles. The van der Waals surface area contributed by atoms with E-state index in [1.54, 1.807) is 11.3 Å². The van der Waals surface area contributed by atoms with Crippen molar-refractivity contribution in [3.8, 4) is 0 Å². The Kier molecular flexibility index (Phi) is 5.74. The Morgan fingerprint density at radius 1 is 1.48 bits per heavy atom. The number of nitrogens with zero attached hydrogens (tertiary/aromatic N) is 1. The van der Waals surface area contributed by atoms with E-state index in [0.717, 1.165) is 25.8 Å². The number of carbonyl (C=O) groups is 1. The van der Waals surface area contributed by atoms with Gasteiger partial charge in [0, 0.05) is 16.2 Å². The first-order valence-electron chi connectivity index (χ1n) is 7.63. The van der Waals surface area contributed by atoms with Crippen molar-refractivity contribution in [3.63, 3.8) is 0 Å². The Bertz CT molecular complexity index is 459. The monoisotopic (exact) mass is 326 g/mol. The fraction of sp³-hybridized carbons (Fsp3) is 0.688. The number of carbonyl (C=O) groups excluding carboxylic acids is 1. The summed E-state index contributed by atoms with van der Waals surface area (Å²) in [5.74, 6) is 0.268. The van der Waals surface area contributed by atoms with Gasteiger partial charge in [-0.25, -0.2) is 0 Å². The van der Waals surface area contributed by atoms with Crippen molar-refractivity contribution in [1.29, 1.82) is 0 Å². The Morgan fingerprint density at radius 3 is 2.81 bits per heavy atom. The van der Waals surface area contributed by atoms with Crippen molar-refractivity contribution in [2.24, 2.45) is 0 Å². The van der Waals surface area contributed by atoms with Crippen LogP contribution < -0.4 is 5.32 Å². The van der Waals surface area contributed by atoms with E-state index in [-0.39, 0.29) is 22.9 Å². The molecule has 0 saturated carbocycles. The maximum Gasteiger partial charge on any atom is 0.241 e. The lowest BCUT2D eigenvalue weighted by Gasteiger charge is -2.32. The maximum atomic E-state index is 12.8. The summed E-state index contributed by atoms with van der Waals surface area (Å²) in [5, 5.41) is 5.63. The number of amides is 1. The van der Waals surface area contributed by atoms with E-state index in [4.69, 9.17) is 0 Å². The smallest absolute Gasteiger partial charge is 0.241 e. The lowest BCUT2D eigenvalue weighted by atomic mass is 10.1. The Labute approximate surface area is 136 Å². The van der Waals surface area contributed by atoms with Gasteiger partial charge >= 0.3 is 0 Å². The summed E-state index contributed by atoms with van der Waals surface area (Å²) in [6.45, 7) is 7.36. The van der Waals surface area contributed by atoms with Crippen LogP contribution in [0.25, 0.3) is 0 Å². The summed E-state index contributed by atoms with van der Waals surface area (Å²) >= 11 is 3.54. The molecular formula is C16H26N2OS2. The summed E-state index contributed by atoms with van der Waals surface area (Å²) in [6.07, 6.45) is 5.33. The van der Waals surface area contributed by atoms with Gasteiger partial charge in [-0.2, -0.15) is 11.8 Å². The predicted octanol–water partition coefficient (Wildman–Crippen LogP) is 3.88. The molecule has 1 aromatic heterocycles. The largest absolute Gasteiger partial charge is 0.319 e. The third-order valence-electron chi connectivity index (χ3n) is 4.01. The topological polar surface area (TPSA) is 32.3 Å². The summed E-state index contributed by atoms with van der Waals surface area (Å²) in [7, 11) is 0. The fourth-order valence-electron chi connectivity index (χ4n) is 2.62. The molecule has 1 aliphatic rings. The molecule has 1 amide bonds. The Morgan fingerprint density at radius 2 is 2.24 bits per heavy atom. The number of rotatable bonds is 7. The zero-order valence-electron chi connectivity index (χ0n) is 13.4. The summed E-state index contributed by atoms with van der Waals surface area (Å²) in [5.41, 5.74) is 0. The standard InChI is InChI=1S/C16H26N2OS2/c1-5-6-8-12-15(19)18(11-16(2,3)20-4)14(17-12)13-9-7-10-21-13/h7,9-10,12,14,17H,5-6,8,11H2,1-4H3. The minimum atomic E-state index is -0.0188.